The van der Waals surface area contributed by atoms with Gasteiger partial charge in [-0.25, -0.2) is 13.3 Å². The Labute approximate surface area is 310 Å². The summed E-state index contributed by atoms with van der Waals surface area (Å²) < 4.78 is 52.5. The molecule has 6 rings (SSSR count). The third kappa shape index (κ3) is 9.54. The van der Waals surface area contributed by atoms with Crippen LogP contribution in [0.15, 0.2) is 109 Å². The molecule has 0 saturated heterocycles. The van der Waals surface area contributed by atoms with E-state index in [-0.39, 0.29) is 23.1 Å². The van der Waals surface area contributed by atoms with Crippen LogP contribution in [-0.2, 0) is 30.2 Å². The molecule has 2 N–H and O–H groups in total. The summed E-state index contributed by atoms with van der Waals surface area (Å²) in [5.74, 6) is 0.695. The summed E-state index contributed by atoms with van der Waals surface area (Å²) in [4.78, 5) is 0. The summed E-state index contributed by atoms with van der Waals surface area (Å²) in [7, 11) is -3.58. The van der Waals surface area contributed by atoms with Crippen molar-refractivity contribution in [2.24, 2.45) is 0 Å². The Morgan fingerprint density at radius 1 is 0.491 bits per heavy atom. The SMILES string of the molecule is Cc1cc(OP(C)(=O)Oc2cc(C)c(Cc3ccc(O)c(Cc4ccc(F)cc4)c3)c(C)c2)cc(C)c1Cc1ccc(O)c(Cc2ccc(F)cc2)c1. The zero-order chi connectivity index (χ0) is 37.9. The van der Waals surface area contributed by atoms with Crippen molar-refractivity contribution in [3.05, 3.63) is 188 Å². The fourth-order valence-corrected chi connectivity index (χ4v) is 7.82. The van der Waals surface area contributed by atoms with Gasteiger partial charge in [-0.05, 0) is 168 Å². The van der Waals surface area contributed by atoms with Gasteiger partial charge in [-0.15, -0.1) is 0 Å². The van der Waals surface area contributed by atoms with E-state index in [9.17, 15) is 23.6 Å². The van der Waals surface area contributed by atoms with Gasteiger partial charge in [0.25, 0.3) is 0 Å². The summed E-state index contributed by atoms with van der Waals surface area (Å²) in [6.45, 7) is 9.41. The minimum Gasteiger partial charge on any atom is -0.508 e. The molecule has 0 amide bonds. The fraction of sp³-hybridized carbons (Fsp3) is 0.200. The van der Waals surface area contributed by atoms with Crippen molar-refractivity contribution in [3.8, 4) is 23.0 Å². The van der Waals surface area contributed by atoms with Crippen molar-refractivity contribution in [3.63, 3.8) is 0 Å². The number of benzene rings is 6. The van der Waals surface area contributed by atoms with Crippen LogP contribution in [0, 0.1) is 39.3 Å². The van der Waals surface area contributed by atoms with Crippen LogP contribution in [0.5, 0.6) is 23.0 Å². The Hall–Kier alpha value is -5.39. The molecule has 0 aliphatic rings. The van der Waals surface area contributed by atoms with Crippen LogP contribution in [0.1, 0.15) is 66.8 Å². The molecule has 0 heterocycles. The number of aryl methyl sites for hydroxylation is 4. The minimum atomic E-state index is -3.58. The maximum atomic E-state index is 13.7. The van der Waals surface area contributed by atoms with Crippen LogP contribution < -0.4 is 9.05 Å². The van der Waals surface area contributed by atoms with E-state index in [2.05, 4.69) is 0 Å². The first-order chi connectivity index (χ1) is 25.2. The molecule has 53 heavy (non-hydrogen) atoms. The zero-order valence-corrected chi connectivity index (χ0v) is 31.4. The van der Waals surface area contributed by atoms with Gasteiger partial charge in [0.2, 0.25) is 0 Å². The highest BCUT2D eigenvalue weighted by Gasteiger charge is 2.23. The summed E-state index contributed by atoms with van der Waals surface area (Å²) >= 11 is 0. The van der Waals surface area contributed by atoms with Gasteiger partial charge in [0.1, 0.15) is 34.6 Å². The van der Waals surface area contributed by atoms with Crippen LogP contribution in [0.25, 0.3) is 0 Å². The molecule has 0 fully saturated rings. The number of hydrogen-bond donors (Lipinski definition) is 2. The van der Waals surface area contributed by atoms with Crippen molar-refractivity contribution in [1.82, 2.24) is 0 Å². The Kier molecular flexibility index (Phi) is 11.1. The molecule has 5 nitrogen and oxygen atoms in total. The normalized spacial score (nSPS) is 11.5. The van der Waals surface area contributed by atoms with Crippen LogP contribution in [0.2, 0.25) is 0 Å². The van der Waals surface area contributed by atoms with E-state index in [1.54, 1.807) is 36.4 Å². The molecule has 0 spiro atoms. The lowest BCUT2D eigenvalue weighted by Crippen LogP contribution is -2.03. The molecule has 0 radical (unpaired) electrons. The Morgan fingerprint density at radius 3 is 1.15 bits per heavy atom. The van der Waals surface area contributed by atoms with Crippen LogP contribution in [0.3, 0.4) is 0 Å². The number of rotatable bonds is 12. The lowest BCUT2D eigenvalue weighted by molar-refractivity contribution is 0.393. The third-order valence-electron chi connectivity index (χ3n) is 9.55. The Bertz CT molecular complexity index is 2110. The van der Waals surface area contributed by atoms with Gasteiger partial charge in [-0.3, -0.25) is 0 Å². The predicted molar refractivity (Wildman–Crippen MR) is 207 cm³/mol. The molecule has 8 heteroatoms. The van der Waals surface area contributed by atoms with E-state index >= 15 is 0 Å². The summed E-state index contributed by atoms with van der Waals surface area (Å²) in [5, 5.41) is 21.0. The van der Waals surface area contributed by atoms with Gasteiger partial charge in [0.05, 0.1) is 6.66 Å². The molecule has 0 aromatic heterocycles. The Morgan fingerprint density at radius 2 is 0.811 bits per heavy atom. The second-order valence-electron chi connectivity index (χ2n) is 13.9. The zero-order valence-electron chi connectivity index (χ0n) is 30.5. The first kappa shape index (κ1) is 37.4. The quantitative estimate of drug-likeness (QED) is 0.123. The molecule has 0 aliphatic heterocycles. The number of phenols is 2. The highest BCUT2D eigenvalue weighted by molar-refractivity contribution is 7.53. The minimum absolute atomic E-state index is 0.194. The smallest absolute Gasteiger partial charge is 0.427 e. The van der Waals surface area contributed by atoms with Crippen molar-refractivity contribution in [2.45, 2.75) is 53.4 Å². The second kappa shape index (κ2) is 15.7. The van der Waals surface area contributed by atoms with E-state index in [4.69, 9.17) is 9.05 Å². The average molecular weight is 733 g/mol. The number of halogens is 2. The lowest BCUT2D eigenvalue weighted by atomic mass is 9.93. The standard InChI is InChI=1S/C45H43F2O5P/c1-28-18-40(19-29(2)42(28)26-34-10-16-44(48)36(24-34)22-32-6-12-38(46)13-7-32)51-53(5,50)52-41-20-30(3)43(31(4)21-41)27-35-11-17-45(49)37(25-35)23-33-8-14-39(47)15-9-33/h6-21,24-25,48-49H,22-23,26-27H2,1-5H3. The molecule has 0 unspecified atom stereocenters. The maximum absolute atomic E-state index is 13.7. The topological polar surface area (TPSA) is 76.0 Å². The van der Waals surface area contributed by atoms with Crippen molar-refractivity contribution in [1.29, 1.82) is 0 Å². The van der Waals surface area contributed by atoms with E-state index in [0.717, 1.165) is 66.8 Å². The van der Waals surface area contributed by atoms with Gasteiger partial charge in [-0.2, -0.15) is 0 Å². The molecule has 0 atom stereocenters. The predicted octanol–water partition coefficient (Wildman–Crippen LogP) is 11.3. The number of aromatic hydroxyl groups is 2. The third-order valence-corrected chi connectivity index (χ3v) is 10.6. The van der Waals surface area contributed by atoms with Gasteiger partial charge < -0.3 is 19.3 Å². The van der Waals surface area contributed by atoms with E-state index in [1.165, 1.54) is 30.9 Å². The van der Waals surface area contributed by atoms with Crippen molar-refractivity contribution >= 4 is 7.60 Å². The molecule has 6 aromatic carbocycles. The largest absolute Gasteiger partial charge is 0.508 e. The first-order valence-corrected chi connectivity index (χ1v) is 19.5. The van der Waals surface area contributed by atoms with Crippen molar-refractivity contribution < 1.29 is 32.6 Å². The molecule has 272 valence electrons. The van der Waals surface area contributed by atoms with E-state index in [1.807, 2.05) is 76.2 Å². The second-order valence-corrected chi connectivity index (χ2v) is 15.8. The number of phenolic OH excluding ortho intramolecular Hbond substituents is 2. The van der Waals surface area contributed by atoms with Crippen molar-refractivity contribution in [2.75, 3.05) is 6.66 Å². The molecule has 6 aromatic rings. The maximum Gasteiger partial charge on any atom is 0.427 e. The van der Waals surface area contributed by atoms with E-state index < -0.39 is 7.60 Å². The molecule has 0 bridgehead atoms. The average Bonchev–Trinajstić information content (AvgIpc) is 3.09. The first-order valence-electron chi connectivity index (χ1n) is 17.5. The molecular weight excluding hydrogens is 689 g/mol. The molecule has 0 aliphatic carbocycles. The van der Waals surface area contributed by atoms with Gasteiger partial charge in [0.15, 0.2) is 0 Å². The highest BCUT2D eigenvalue weighted by Crippen LogP contribution is 2.46. The highest BCUT2D eigenvalue weighted by atomic mass is 31.2. The lowest BCUT2D eigenvalue weighted by Gasteiger charge is -2.20. The van der Waals surface area contributed by atoms with E-state index in [0.29, 0.717) is 37.2 Å². The summed E-state index contributed by atoms with van der Waals surface area (Å²) in [6, 6.07) is 31.1. The fourth-order valence-electron chi connectivity index (χ4n) is 6.81. The van der Waals surface area contributed by atoms with Gasteiger partial charge >= 0.3 is 7.60 Å². The number of hydrogen-bond acceptors (Lipinski definition) is 5. The summed E-state index contributed by atoms with van der Waals surface area (Å²) in [6.07, 6.45) is 2.22. The molecular formula is C45H43F2O5P. The van der Waals surface area contributed by atoms with Crippen LogP contribution in [0.4, 0.5) is 8.78 Å². The molecule has 0 saturated carbocycles. The van der Waals surface area contributed by atoms with Crippen LogP contribution in [-0.4, -0.2) is 16.9 Å². The van der Waals surface area contributed by atoms with Crippen LogP contribution >= 0.6 is 7.60 Å². The monoisotopic (exact) mass is 732 g/mol. The van der Waals surface area contributed by atoms with Gasteiger partial charge in [-0.1, -0.05) is 48.5 Å². The summed E-state index contributed by atoms with van der Waals surface area (Å²) in [5.41, 5.74) is 11.5. The van der Waals surface area contributed by atoms with Gasteiger partial charge in [0, 0.05) is 12.8 Å². The Balaban J connectivity index is 1.12.